The Bertz CT molecular complexity index is 560. The fourth-order valence-corrected chi connectivity index (χ4v) is 1.52. The Labute approximate surface area is 109 Å². The molecule has 0 spiro atoms. The van der Waals surface area contributed by atoms with E-state index in [1.807, 2.05) is 0 Å². The summed E-state index contributed by atoms with van der Waals surface area (Å²) < 4.78 is 18.6. The van der Waals surface area contributed by atoms with Crippen molar-refractivity contribution >= 4 is 11.6 Å². The van der Waals surface area contributed by atoms with E-state index >= 15 is 0 Å². The monoisotopic (exact) mass is 267 g/mol. The van der Waals surface area contributed by atoms with Gasteiger partial charge in [0.05, 0.1) is 11.1 Å². The number of ether oxygens (including phenoxy) is 1. The van der Waals surface area contributed by atoms with Crippen molar-refractivity contribution < 1.29 is 14.2 Å². The van der Waals surface area contributed by atoms with E-state index in [0.29, 0.717) is 11.3 Å². The van der Waals surface area contributed by atoms with E-state index in [0.717, 1.165) is 0 Å². The van der Waals surface area contributed by atoms with E-state index in [9.17, 15) is 9.50 Å². The van der Waals surface area contributed by atoms with Crippen LogP contribution in [0.25, 0.3) is 0 Å². The predicted octanol–water partition coefficient (Wildman–Crippen LogP) is 3.72. The van der Waals surface area contributed by atoms with Gasteiger partial charge in [-0.3, -0.25) is 0 Å². The Morgan fingerprint density at radius 2 is 2.11 bits per heavy atom. The maximum Gasteiger partial charge on any atom is 0.219 e. The van der Waals surface area contributed by atoms with Gasteiger partial charge in [0.15, 0.2) is 0 Å². The van der Waals surface area contributed by atoms with Crippen molar-refractivity contribution in [2.45, 2.75) is 13.0 Å². The second kappa shape index (κ2) is 5.33. The van der Waals surface area contributed by atoms with Gasteiger partial charge in [-0.05, 0) is 30.7 Å². The highest BCUT2D eigenvalue weighted by atomic mass is 35.5. The highest BCUT2D eigenvalue weighted by Gasteiger charge is 2.06. The SMILES string of the molecule is C[C@H](O)c1ccnc(Oc2ccc(Cl)c(F)c2)c1. The topological polar surface area (TPSA) is 42.4 Å². The quantitative estimate of drug-likeness (QED) is 0.922. The lowest BCUT2D eigenvalue weighted by atomic mass is 10.2. The zero-order valence-corrected chi connectivity index (χ0v) is 10.4. The van der Waals surface area contributed by atoms with Crippen LogP contribution in [0.3, 0.4) is 0 Å². The van der Waals surface area contributed by atoms with Crippen molar-refractivity contribution in [2.24, 2.45) is 0 Å². The van der Waals surface area contributed by atoms with E-state index < -0.39 is 11.9 Å². The first-order valence-electron chi connectivity index (χ1n) is 5.33. The van der Waals surface area contributed by atoms with Gasteiger partial charge < -0.3 is 9.84 Å². The third-order valence-electron chi connectivity index (χ3n) is 2.35. The molecule has 2 rings (SSSR count). The highest BCUT2D eigenvalue weighted by Crippen LogP contribution is 2.25. The van der Waals surface area contributed by atoms with Crippen LogP contribution in [0.2, 0.25) is 5.02 Å². The molecule has 0 bridgehead atoms. The van der Waals surface area contributed by atoms with Crippen LogP contribution < -0.4 is 4.74 Å². The second-order valence-corrected chi connectivity index (χ2v) is 4.19. The molecule has 2 aromatic rings. The normalized spacial score (nSPS) is 12.2. The zero-order chi connectivity index (χ0) is 13.1. The van der Waals surface area contributed by atoms with Crippen molar-refractivity contribution in [1.82, 2.24) is 4.98 Å². The zero-order valence-electron chi connectivity index (χ0n) is 9.60. The van der Waals surface area contributed by atoms with Crippen LogP contribution in [-0.2, 0) is 0 Å². The van der Waals surface area contributed by atoms with Crippen molar-refractivity contribution in [1.29, 1.82) is 0 Å². The first-order chi connectivity index (χ1) is 8.56. The molecule has 94 valence electrons. The summed E-state index contributed by atoms with van der Waals surface area (Å²) in [5.74, 6) is 0.0307. The van der Waals surface area contributed by atoms with E-state index in [2.05, 4.69) is 4.98 Å². The van der Waals surface area contributed by atoms with E-state index in [1.165, 1.54) is 18.3 Å². The number of aliphatic hydroxyl groups is 1. The minimum atomic E-state index is -0.614. The minimum Gasteiger partial charge on any atom is -0.439 e. The Hall–Kier alpha value is -1.65. The highest BCUT2D eigenvalue weighted by molar-refractivity contribution is 6.30. The summed E-state index contributed by atoms with van der Waals surface area (Å²) in [4.78, 5) is 3.98. The largest absolute Gasteiger partial charge is 0.439 e. The Balaban J connectivity index is 2.23. The molecule has 0 saturated carbocycles. The lowest BCUT2D eigenvalue weighted by Crippen LogP contribution is -1.94. The third kappa shape index (κ3) is 2.97. The first-order valence-corrected chi connectivity index (χ1v) is 5.71. The Morgan fingerprint density at radius 3 is 2.78 bits per heavy atom. The summed E-state index contributed by atoms with van der Waals surface area (Å²) >= 11 is 5.57. The second-order valence-electron chi connectivity index (χ2n) is 3.78. The van der Waals surface area contributed by atoms with Crippen LogP contribution in [0.15, 0.2) is 36.5 Å². The Kier molecular flexibility index (Phi) is 3.79. The van der Waals surface area contributed by atoms with E-state index in [4.69, 9.17) is 16.3 Å². The summed E-state index contributed by atoms with van der Waals surface area (Å²) in [7, 11) is 0. The standard InChI is InChI=1S/C13H11ClFNO2/c1-8(17)9-4-5-16-13(6-9)18-10-2-3-11(14)12(15)7-10/h2-8,17H,1H3/t8-/m0/s1. The number of benzene rings is 1. The minimum absolute atomic E-state index is 0.0352. The lowest BCUT2D eigenvalue weighted by Gasteiger charge is -2.08. The van der Waals surface area contributed by atoms with Crippen LogP contribution in [0.1, 0.15) is 18.6 Å². The molecule has 1 aromatic carbocycles. The fraction of sp³-hybridized carbons (Fsp3) is 0.154. The maximum absolute atomic E-state index is 13.2. The molecule has 1 aromatic heterocycles. The molecule has 0 aliphatic rings. The number of pyridine rings is 1. The first kappa shape index (κ1) is 12.8. The van der Waals surface area contributed by atoms with Crippen molar-refractivity contribution in [3.8, 4) is 11.6 Å². The molecule has 0 fully saturated rings. The number of halogens is 2. The van der Waals surface area contributed by atoms with Gasteiger partial charge in [0.25, 0.3) is 0 Å². The van der Waals surface area contributed by atoms with Gasteiger partial charge in [-0.15, -0.1) is 0 Å². The average molecular weight is 268 g/mol. The van der Waals surface area contributed by atoms with Gasteiger partial charge in [-0.1, -0.05) is 11.6 Å². The molecule has 0 unspecified atom stereocenters. The molecule has 1 N–H and O–H groups in total. The number of aromatic nitrogens is 1. The molecule has 0 amide bonds. The van der Waals surface area contributed by atoms with Crippen LogP contribution in [0.4, 0.5) is 4.39 Å². The molecule has 0 radical (unpaired) electrons. The summed E-state index contributed by atoms with van der Waals surface area (Å²) in [6.45, 7) is 1.64. The van der Waals surface area contributed by atoms with Gasteiger partial charge in [-0.2, -0.15) is 0 Å². The smallest absolute Gasteiger partial charge is 0.219 e. The number of hydrogen-bond donors (Lipinski definition) is 1. The van der Waals surface area contributed by atoms with Gasteiger partial charge in [0.1, 0.15) is 11.6 Å². The summed E-state index contributed by atoms with van der Waals surface area (Å²) in [6.07, 6.45) is 0.904. The molecule has 18 heavy (non-hydrogen) atoms. The summed E-state index contributed by atoms with van der Waals surface area (Å²) in [6, 6.07) is 7.41. The van der Waals surface area contributed by atoms with Crippen LogP contribution >= 0.6 is 11.6 Å². The molecule has 1 heterocycles. The molecule has 0 saturated heterocycles. The average Bonchev–Trinajstić information content (AvgIpc) is 2.34. The van der Waals surface area contributed by atoms with Crippen molar-refractivity contribution in [2.75, 3.05) is 0 Å². The van der Waals surface area contributed by atoms with Gasteiger partial charge in [-0.25, -0.2) is 9.37 Å². The summed E-state index contributed by atoms with van der Waals surface area (Å²) in [5, 5.41) is 9.47. The van der Waals surface area contributed by atoms with Gasteiger partial charge in [0, 0.05) is 18.3 Å². The number of rotatable bonds is 3. The molecule has 5 heteroatoms. The van der Waals surface area contributed by atoms with Crippen molar-refractivity contribution in [3.05, 3.63) is 52.9 Å². The van der Waals surface area contributed by atoms with Crippen LogP contribution in [0.5, 0.6) is 11.6 Å². The molecule has 1 atom stereocenters. The fourth-order valence-electron chi connectivity index (χ4n) is 1.40. The predicted molar refractivity (Wildman–Crippen MR) is 66.4 cm³/mol. The van der Waals surface area contributed by atoms with Crippen molar-refractivity contribution in [3.63, 3.8) is 0 Å². The number of hydrogen-bond acceptors (Lipinski definition) is 3. The van der Waals surface area contributed by atoms with E-state index in [-0.39, 0.29) is 10.9 Å². The Morgan fingerprint density at radius 1 is 1.33 bits per heavy atom. The van der Waals surface area contributed by atoms with Gasteiger partial charge in [0.2, 0.25) is 5.88 Å². The lowest BCUT2D eigenvalue weighted by molar-refractivity contribution is 0.198. The van der Waals surface area contributed by atoms with Crippen LogP contribution in [0, 0.1) is 5.82 Å². The molecule has 3 nitrogen and oxygen atoms in total. The molecular weight excluding hydrogens is 257 g/mol. The summed E-state index contributed by atoms with van der Waals surface area (Å²) in [5.41, 5.74) is 0.675. The maximum atomic E-state index is 13.2. The number of aliphatic hydroxyl groups excluding tert-OH is 1. The van der Waals surface area contributed by atoms with Crippen LogP contribution in [-0.4, -0.2) is 10.1 Å². The third-order valence-corrected chi connectivity index (χ3v) is 2.66. The van der Waals surface area contributed by atoms with Gasteiger partial charge >= 0.3 is 0 Å². The number of nitrogens with zero attached hydrogens (tertiary/aromatic N) is 1. The van der Waals surface area contributed by atoms with E-state index in [1.54, 1.807) is 25.1 Å². The molecular formula is C13H11ClFNO2. The molecule has 0 aliphatic heterocycles. The molecule has 0 aliphatic carbocycles.